The molecule has 0 aliphatic rings. The summed E-state index contributed by atoms with van der Waals surface area (Å²) >= 11 is 0. The zero-order valence-corrected chi connectivity index (χ0v) is 10.6. The molecule has 0 radical (unpaired) electrons. The molecule has 3 rings (SSSR count). The molecule has 90 valence electrons. The van der Waals surface area contributed by atoms with Gasteiger partial charge in [-0.05, 0) is 19.1 Å². The molecule has 3 nitrogen and oxygen atoms in total. The predicted octanol–water partition coefficient (Wildman–Crippen LogP) is 2.70. The molecule has 0 N–H and O–H groups in total. The molecule has 0 aliphatic heterocycles. The monoisotopic (exact) mass is 239 g/mol. The number of fused-ring (bicyclic) bond motifs is 2. The van der Waals surface area contributed by atoms with Crippen LogP contribution in [0.1, 0.15) is 6.92 Å². The Balaban J connectivity index is 2.45. The Bertz CT molecular complexity index is 722. The SMILES string of the molecule is CC[n+]1c2ccccc2nc2cc(OC)ccc21. The topological polar surface area (TPSA) is 26.0 Å². The molecule has 2 aromatic carbocycles. The van der Waals surface area contributed by atoms with E-state index in [1.807, 2.05) is 30.3 Å². The fraction of sp³-hybridized carbons (Fsp3) is 0.200. The first-order valence-electron chi connectivity index (χ1n) is 6.10. The zero-order valence-electron chi connectivity index (χ0n) is 10.6. The second-order valence-corrected chi connectivity index (χ2v) is 4.20. The minimum absolute atomic E-state index is 0.841. The molecule has 3 heteroatoms. The van der Waals surface area contributed by atoms with Crippen molar-refractivity contribution in [3.63, 3.8) is 0 Å². The van der Waals surface area contributed by atoms with Crippen molar-refractivity contribution in [1.82, 2.24) is 4.98 Å². The smallest absolute Gasteiger partial charge is 0.231 e. The molecule has 3 aromatic rings. The van der Waals surface area contributed by atoms with E-state index in [0.29, 0.717) is 0 Å². The number of aryl methyl sites for hydroxylation is 1. The van der Waals surface area contributed by atoms with Gasteiger partial charge in [-0.3, -0.25) is 0 Å². The third kappa shape index (κ3) is 1.59. The summed E-state index contributed by atoms with van der Waals surface area (Å²) in [6.45, 7) is 3.07. The first-order chi connectivity index (χ1) is 8.83. The molecule has 0 unspecified atom stereocenters. The van der Waals surface area contributed by atoms with Gasteiger partial charge in [0.05, 0.1) is 7.11 Å². The van der Waals surface area contributed by atoms with Gasteiger partial charge in [0.1, 0.15) is 23.3 Å². The summed E-state index contributed by atoms with van der Waals surface area (Å²) in [5.41, 5.74) is 4.28. The van der Waals surface area contributed by atoms with Crippen LogP contribution in [0.3, 0.4) is 0 Å². The number of para-hydroxylation sites is 2. The van der Waals surface area contributed by atoms with E-state index < -0.39 is 0 Å². The largest absolute Gasteiger partial charge is 0.497 e. The van der Waals surface area contributed by atoms with Gasteiger partial charge in [0.25, 0.3) is 0 Å². The molecule has 1 heterocycles. The molecule has 0 spiro atoms. The Kier molecular flexibility index (Phi) is 2.59. The number of nitrogens with zero attached hydrogens (tertiary/aromatic N) is 2. The quantitative estimate of drug-likeness (QED) is 0.507. The Morgan fingerprint density at radius 1 is 1.06 bits per heavy atom. The lowest BCUT2D eigenvalue weighted by Gasteiger charge is -2.04. The minimum atomic E-state index is 0.841. The number of hydrogen-bond donors (Lipinski definition) is 0. The highest BCUT2D eigenvalue weighted by atomic mass is 16.5. The summed E-state index contributed by atoms with van der Waals surface area (Å²) in [6.07, 6.45) is 0. The summed E-state index contributed by atoms with van der Waals surface area (Å²) in [6, 6.07) is 14.2. The molecule has 0 aliphatic carbocycles. The number of hydrogen-bond acceptors (Lipinski definition) is 2. The summed E-state index contributed by atoms with van der Waals surface area (Å²) < 4.78 is 7.53. The van der Waals surface area contributed by atoms with Crippen LogP contribution in [-0.4, -0.2) is 12.1 Å². The molecular weight excluding hydrogens is 224 g/mol. The maximum absolute atomic E-state index is 5.26. The van der Waals surface area contributed by atoms with Gasteiger partial charge in [-0.15, -0.1) is 0 Å². The normalized spacial score (nSPS) is 11.0. The summed E-state index contributed by atoms with van der Waals surface area (Å²) in [7, 11) is 1.68. The van der Waals surface area contributed by atoms with Crippen molar-refractivity contribution in [3.05, 3.63) is 42.5 Å². The molecule has 0 bridgehead atoms. The van der Waals surface area contributed by atoms with Gasteiger partial charge in [0.15, 0.2) is 0 Å². The predicted molar refractivity (Wildman–Crippen MR) is 71.7 cm³/mol. The lowest BCUT2D eigenvalue weighted by Crippen LogP contribution is -2.34. The number of benzene rings is 2. The summed E-state index contributed by atoms with van der Waals surface area (Å²) in [5.74, 6) is 0.841. The van der Waals surface area contributed by atoms with Gasteiger partial charge in [0.2, 0.25) is 11.0 Å². The zero-order chi connectivity index (χ0) is 12.5. The standard InChI is InChI=1S/C15H15N2O/c1-3-17-14-7-5-4-6-12(14)16-13-10-11(18-2)8-9-15(13)17/h4-10H,3H2,1-2H3/q+1. The highest BCUT2D eigenvalue weighted by Gasteiger charge is 2.14. The Morgan fingerprint density at radius 2 is 1.83 bits per heavy atom. The first kappa shape index (κ1) is 11.0. The average molecular weight is 239 g/mol. The molecule has 0 fully saturated rings. The molecule has 0 atom stereocenters. The molecule has 1 aromatic heterocycles. The minimum Gasteiger partial charge on any atom is -0.497 e. The van der Waals surface area contributed by atoms with E-state index in [4.69, 9.17) is 9.72 Å². The lowest BCUT2D eigenvalue weighted by molar-refractivity contribution is -0.641. The number of ether oxygens (including phenoxy) is 1. The van der Waals surface area contributed by atoms with Crippen LogP contribution in [0.4, 0.5) is 0 Å². The van der Waals surface area contributed by atoms with E-state index in [0.717, 1.165) is 34.4 Å². The van der Waals surface area contributed by atoms with Crippen LogP contribution in [0.25, 0.3) is 22.1 Å². The highest BCUT2D eigenvalue weighted by Crippen LogP contribution is 2.19. The van der Waals surface area contributed by atoms with Crippen molar-refractivity contribution in [1.29, 1.82) is 0 Å². The van der Waals surface area contributed by atoms with Gasteiger partial charge in [0, 0.05) is 18.2 Å². The van der Waals surface area contributed by atoms with Gasteiger partial charge in [-0.2, -0.15) is 4.57 Å². The van der Waals surface area contributed by atoms with Crippen LogP contribution < -0.4 is 9.30 Å². The Morgan fingerprint density at radius 3 is 2.61 bits per heavy atom. The van der Waals surface area contributed by atoms with Crippen molar-refractivity contribution in [2.75, 3.05) is 7.11 Å². The Labute approximate surface area is 106 Å². The van der Waals surface area contributed by atoms with Crippen LogP contribution in [-0.2, 0) is 6.54 Å². The van der Waals surface area contributed by atoms with Crippen LogP contribution >= 0.6 is 0 Å². The van der Waals surface area contributed by atoms with Gasteiger partial charge < -0.3 is 4.74 Å². The van der Waals surface area contributed by atoms with E-state index in [1.54, 1.807) is 7.11 Å². The third-order valence-electron chi connectivity index (χ3n) is 3.20. The van der Waals surface area contributed by atoms with Crippen molar-refractivity contribution >= 4 is 22.1 Å². The highest BCUT2D eigenvalue weighted by molar-refractivity contribution is 5.82. The van der Waals surface area contributed by atoms with Gasteiger partial charge in [-0.25, -0.2) is 4.98 Å². The molecular formula is C15H15N2O+. The summed E-state index contributed by atoms with van der Waals surface area (Å²) in [4.78, 5) is 4.69. The van der Waals surface area contributed by atoms with E-state index in [2.05, 4.69) is 23.6 Å². The Hall–Kier alpha value is -2.16. The van der Waals surface area contributed by atoms with Crippen molar-refractivity contribution < 1.29 is 9.30 Å². The first-order valence-corrected chi connectivity index (χ1v) is 6.10. The maximum Gasteiger partial charge on any atom is 0.231 e. The van der Waals surface area contributed by atoms with E-state index >= 15 is 0 Å². The average Bonchev–Trinajstić information content (AvgIpc) is 2.44. The van der Waals surface area contributed by atoms with Crippen LogP contribution in [0.15, 0.2) is 42.5 Å². The van der Waals surface area contributed by atoms with Gasteiger partial charge >= 0.3 is 0 Å². The van der Waals surface area contributed by atoms with Crippen LogP contribution in [0, 0.1) is 0 Å². The number of rotatable bonds is 2. The fourth-order valence-corrected chi connectivity index (χ4v) is 2.34. The summed E-state index contributed by atoms with van der Waals surface area (Å²) in [5, 5.41) is 0. The van der Waals surface area contributed by atoms with E-state index in [-0.39, 0.29) is 0 Å². The second-order valence-electron chi connectivity index (χ2n) is 4.20. The fourth-order valence-electron chi connectivity index (χ4n) is 2.34. The molecule has 0 amide bonds. The second kappa shape index (κ2) is 4.26. The van der Waals surface area contributed by atoms with Gasteiger partial charge in [-0.1, -0.05) is 12.1 Å². The molecule has 0 saturated carbocycles. The number of methoxy groups -OCH3 is 1. The number of aromatic nitrogens is 2. The van der Waals surface area contributed by atoms with Crippen LogP contribution in [0.5, 0.6) is 5.75 Å². The molecule has 0 saturated heterocycles. The maximum atomic E-state index is 5.26. The van der Waals surface area contributed by atoms with E-state index in [9.17, 15) is 0 Å². The lowest BCUT2D eigenvalue weighted by atomic mass is 10.2. The van der Waals surface area contributed by atoms with Crippen LogP contribution in [0.2, 0.25) is 0 Å². The molecule has 18 heavy (non-hydrogen) atoms. The van der Waals surface area contributed by atoms with Crippen molar-refractivity contribution in [2.24, 2.45) is 0 Å². The third-order valence-corrected chi connectivity index (χ3v) is 3.20. The van der Waals surface area contributed by atoms with E-state index in [1.165, 1.54) is 0 Å². The van der Waals surface area contributed by atoms with Crippen molar-refractivity contribution in [2.45, 2.75) is 13.5 Å². The van der Waals surface area contributed by atoms with Crippen molar-refractivity contribution in [3.8, 4) is 5.75 Å².